The fourth-order valence-corrected chi connectivity index (χ4v) is 2.80. The van der Waals surface area contributed by atoms with Gasteiger partial charge in [-0.15, -0.1) is 0 Å². The van der Waals surface area contributed by atoms with Gasteiger partial charge in [0.25, 0.3) is 0 Å². The highest BCUT2D eigenvalue weighted by Gasteiger charge is 2.36. The smallest absolute Gasteiger partial charge is 0.240 e. The molecule has 0 aromatic heterocycles. The van der Waals surface area contributed by atoms with Gasteiger partial charge in [-0.25, -0.2) is 4.39 Å². The fraction of sp³-hybridized carbons (Fsp3) is 0.500. The Labute approximate surface area is 132 Å². The molecule has 1 aliphatic heterocycles. The Morgan fingerprint density at radius 3 is 2.62 bits per heavy atom. The van der Waals surface area contributed by atoms with E-state index in [-0.39, 0.29) is 10.9 Å². The molecule has 1 aromatic rings. The highest BCUT2D eigenvalue weighted by Crippen LogP contribution is 2.29. The fourth-order valence-electron chi connectivity index (χ4n) is 2.25. The molecule has 1 amide bonds. The Bertz CT molecular complexity index is 548. The molecule has 1 unspecified atom stereocenters. The van der Waals surface area contributed by atoms with Gasteiger partial charge in [-0.1, -0.05) is 23.2 Å². The predicted octanol–water partition coefficient (Wildman–Crippen LogP) is 2.82. The van der Waals surface area contributed by atoms with Gasteiger partial charge in [-0.3, -0.25) is 4.79 Å². The van der Waals surface area contributed by atoms with Crippen molar-refractivity contribution in [2.45, 2.75) is 31.3 Å². The van der Waals surface area contributed by atoms with Crippen molar-refractivity contribution >= 4 is 29.1 Å². The highest BCUT2D eigenvalue weighted by atomic mass is 35.5. The molecule has 0 radical (unpaired) electrons. The number of carbonyl (C=O) groups excluding carboxylic acids is 1. The van der Waals surface area contributed by atoms with Crippen LogP contribution in [0.2, 0.25) is 10.0 Å². The van der Waals surface area contributed by atoms with Crippen molar-refractivity contribution in [3.63, 3.8) is 0 Å². The highest BCUT2D eigenvalue weighted by molar-refractivity contribution is 6.35. The van der Waals surface area contributed by atoms with E-state index in [4.69, 9.17) is 33.7 Å². The van der Waals surface area contributed by atoms with E-state index in [1.165, 1.54) is 12.1 Å². The summed E-state index contributed by atoms with van der Waals surface area (Å²) in [6, 6.07) is 2.08. The van der Waals surface area contributed by atoms with Gasteiger partial charge in [0.05, 0.1) is 16.6 Å². The number of nitrogens with two attached hydrogens (primary N) is 1. The zero-order chi connectivity index (χ0) is 15.6. The van der Waals surface area contributed by atoms with Crippen LogP contribution in [0.15, 0.2) is 12.1 Å². The Morgan fingerprint density at radius 2 is 2.00 bits per heavy atom. The van der Waals surface area contributed by atoms with E-state index in [2.05, 4.69) is 5.32 Å². The summed E-state index contributed by atoms with van der Waals surface area (Å²) in [5.41, 5.74) is 5.61. The lowest BCUT2D eigenvalue weighted by atomic mass is 9.90. The zero-order valence-corrected chi connectivity index (χ0v) is 13.1. The lowest BCUT2D eigenvalue weighted by Gasteiger charge is -2.33. The number of hydrogen-bond donors (Lipinski definition) is 2. The summed E-state index contributed by atoms with van der Waals surface area (Å²) < 4.78 is 18.7. The number of halogens is 3. The molecular weight excluding hydrogens is 318 g/mol. The molecule has 0 spiro atoms. The maximum atomic E-state index is 13.5. The minimum Gasteiger partial charge on any atom is -0.381 e. The Kier molecular flexibility index (Phi) is 5.09. The Morgan fingerprint density at radius 1 is 1.38 bits per heavy atom. The number of benzene rings is 1. The molecule has 0 bridgehead atoms. The van der Waals surface area contributed by atoms with Crippen molar-refractivity contribution in [1.29, 1.82) is 0 Å². The molecule has 1 saturated heterocycles. The van der Waals surface area contributed by atoms with Crippen molar-refractivity contribution in [2.75, 3.05) is 13.2 Å². The molecule has 1 atom stereocenters. The summed E-state index contributed by atoms with van der Waals surface area (Å²) in [4.78, 5) is 12.3. The van der Waals surface area contributed by atoms with Gasteiger partial charge in [0.1, 0.15) is 5.82 Å². The summed E-state index contributed by atoms with van der Waals surface area (Å²) in [5.74, 6) is -0.865. The van der Waals surface area contributed by atoms with Crippen LogP contribution in [-0.4, -0.2) is 24.7 Å². The summed E-state index contributed by atoms with van der Waals surface area (Å²) in [5, 5.41) is 3.02. The molecule has 21 heavy (non-hydrogen) atoms. The van der Waals surface area contributed by atoms with Gasteiger partial charge >= 0.3 is 0 Å². The maximum Gasteiger partial charge on any atom is 0.240 e. The van der Waals surface area contributed by atoms with E-state index in [0.717, 1.165) is 0 Å². The number of carbonyl (C=O) groups is 1. The number of ether oxygens (including phenoxy) is 1. The van der Waals surface area contributed by atoms with Crippen molar-refractivity contribution in [3.8, 4) is 0 Å². The van der Waals surface area contributed by atoms with Crippen LogP contribution in [0, 0.1) is 5.82 Å². The monoisotopic (exact) mass is 334 g/mol. The zero-order valence-electron chi connectivity index (χ0n) is 11.6. The number of nitrogens with one attached hydrogen (secondary N) is 1. The van der Waals surface area contributed by atoms with Crippen LogP contribution in [0.25, 0.3) is 0 Å². The molecule has 1 heterocycles. The van der Waals surface area contributed by atoms with Gasteiger partial charge in [0.2, 0.25) is 5.91 Å². The predicted molar refractivity (Wildman–Crippen MR) is 79.9 cm³/mol. The van der Waals surface area contributed by atoms with E-state index in [1.807, 2.05) is 0 Å². The van der Waals surface area contributed by atoms with Gasteiger partial charge in [-0.2, -0.15) is 0 Å². The van der Waals surface area contributed by atoms with Crippen molar-refractivity contribution < 1.29 is 13.9 Å². The standard InChI is InChI=1S/C14H17Cl2FN2O2/c1-8(9-6-12(17)11(16)7-10(9)15)19-13(20)14(18)2-4-21-5-3-14/h6-8H,2-5,18H2,1H3,(H,19,20). The molecule has 1 fully saturated rings. The van der Waals surface area contributed by atoms with E-state index in [0.29, 0.717) is 36.6 Å². The molecule has 1 aliphatic rings. The summed E-state index contributed by atoms with van der Waals surface area (Å²) >= 11 is 11.7. The first-order valence-electron chi connectivity index (χ1n) is 6.65. The largest absolute Gasteiger partial charge is 0.381 e. The van der Waals surface area contributed by atoms with Crippen molar-refractivity contribution in [1.82, 2.24) is 5.32 Å². The second-order valence-corrected chi connectivity index (χ2v) is 6.07. The summed E-state index contributed by atoms with van der Waals surface area (Å²) in [6.07, 6.45) is 0.905. The lowest BCUT2D eigenvalue weighted by Crippen LogP contribution is -2.57. The van der Waals surface area contributed by atoms with E-state index in [1.54, 1.807) is 6.92 Å². The third-order valence-electron chi connectivity index (χ3n) is 3.69. The van der Waals surface area contributed by atoms with Crippen LogP contribution in [-0.2, 0) is 9.53 Å². The third kappa shape index (κ3) is 3.66. The van der Waals surface area contributed by atoms with Crippen LogP contribution >= 0.6 is 23.2 Å². The van der Waals surface area contributed by atoms with Crippen LogP contribution in [0.3, 0.4) is 0 Å². The molecule has 116 valence electrons. The normalized spacial score (nSPS) is 19.1. The lowest BCUT2D eigenvalue weighted by molar-refractivity contribution is -0.130. The van der Waals surface area contributed by atoms with Gasteiger partial charge in [0, 0.05) is 18.2 Å². The average molecular weight is 335 g/mol. The SMILES string of the molecule is CC(NC(=O)C1(N)CCOCC1)c1cc(F)c(Cl)cc1Cl. The third-order valence-corrected chi connectivity index (χ3v) is 4.31. The first kappa shape index (κ1) is 16.5. The van der Waals surface area contributed by atoms with Crippen molar-refractivity contribution in [3.05, 3.63) is 33.6 Å². The molecule has 2 rings (SSSR count). The Hall–Kier alpha value is -0.880. The minimum absolute atomic E-state index is 0.0537. The first-order valence-corrected chi connectivity index (χ1v) is 7.41. The summed E-state index contributed by atoms with van der Waals surface area (Å²) in [6.45, 7) is 2.62. The molecule has 4 nitrogen and oxygen atoms in total. The van der Waals surface area contributed by atoms with E-state index >= 15 is 0 Å². The van der Waals surface area contributed by atoms with Crippen molar-refractivity contribution in [2.24, 2.45) is 5.73 Å². The molecule has 0 saturated carbocycles. The number of amides is 1. The quantitative estimate of drug-likeness (QED) is 0.835. The summed E-state index contributed by atoms with van der Waals surface area (Å²) in [7, 11) is 0. The molecule has 3 N–H and O–H groups in total. The van der Waals surface area contributed by atoms with Gasteiger partial charge < -0.3 is 15.8 Å². The van der Waals surface area contributed by atoms with Crippen LogP contribution in [0.1, 0.15) is 31.4 Å². The van der Waals surface area contributed by atoms with Gasteiger partial charge in [0.15, 0.2) is 0 Å². The maximum absolute atomic E-state index is 13.5. The second kappa shape index (κ2) is 6.48. The van der Waals surface area contributed by atoms with Crippen LogP contribution in [0.4, 0.5) is 4.39 Å². The second-order valence-electron chi connectivity index (χ2n) is 5.25. The molecule has 0 aliphatic carbocycles. The van der Waals surface area contributed by atoms with Gasteiger partial charge in [-0.05, 0) is 37.5 Å². The van der Waals surface area contributed by atoms with E-state index in [9.17, 15) is 9.18 Å². The first-order chi connectivity index (χ1) is 9.83. The van der Waals surface area contributed by atoms with E-state index < -0.39 is 17.4 Å². The molecular formula is C14H17Cl2FN2O2. The minimum atomic E-state index is -0.954. The number of hydrogen-bond acceptors (Lipinski definition) is 3. The number of rotatable bonds is 3. The molecule has 1 aromatic carbocycles. The Balaban J connectivity index is 2.12. The molecule has 7 heteroatoms. The van der Waals surface area contributed by atoms with Crippen LogP contribution < -0.4 is 11.1 Å². The average Bonchev–Trinajstić information content (AvgIpc) is 2.43. The van der Waals surface area contributed by atoms with Crippen LogP contribution in [0.5, 0.6) is 0 Å². The topological polar surface area (TPSA) is 64.4 Å².